The molecule has 0 amide bonds. The van der Waals surface area contributed by atoms with Crippen LogP contribution in [0.5, 0.6) is 0 Å². The molecule has 8 nitrogen and oxygen atoms in total. The largest absolute Gasteiger partial charge is 0.480 e. The van der Waals surface area contributed by atoms with Gasteiger partial charge in [-0.3, -0.25) is 9.59 Å². The van der Waals surface area contributed by atoms with Crippen molar-refractivity contribution in [2.45, 2.75) is 46.2 Å². The number of carbonyl (C=O) groups is 3. The van der Waals surface area contributed by atoms with E-state index in [0.29, 0.717) is 0 Å². The first-order chi connectivity index (χ1) is 10.2. The molecule has 5 atom stereocenters. The van der Waals surface area contributed by atoms with Crippen molar-refractivity contribution in [1.82, 2.24) is 0 Å². The molecule has 1 heterocycles. The number of ether oxygens (including phenoxy) is 4. The number of hydrogen-bond donors (Lipinski definition) is 1. The van der Waals surface area contributed by atoms with Crippen molar-refractivity contribution >= 4 is 17.9 Å². The number of hydrogen-bond acceptors (Lipinski definition) is 7. The summed E-state index contributed by atoms with van der Waals surface area (Å²) < 4.78 is 21.1. The molecule has 0 radical (unpaired) electrons. The fourth-order valence-corrected chi connectivity index (χ4v) is 2.41. The number of carboxylic acid groups (broad SMARTS) is 1. The molecule has 1 saturated heterocycles. The standard InChI is InChI=1S/C14H22O8/c1-7-11(5-19-9(3)15)22-14(20-6-12(17)18)8(2)13(7)21-10(4)16/h7-8,11,13-14H,5-6H2,1-4H3,(H,17,18). The molecule has 5 unspecified atom stereocenters. The molecular formula is C14H22O8. The highest BCUT2D eigenvalue weighted by Crippen LogP contribution is 2.33. The predicted octanol–water partition coefficient (Wildman–Crippen LogP) is 0.579. The molecule has 0 aromatic heterocycles. The summed E-state index contributed by atoms with van der Waals surface area (Å²) in [6, 6.07) is 0. The Morgan fingerprint density at radius 2 is 1.73 bits per heavy atom. The zero-order valence-corrected chi connectivity index (χ0v) is 13.1. The number of esters is 2. The molecule has 0 aliphatic carbocycles. The first-order valence-corrected chi connectivity index (χ1v) is 7.01. The summed E-state index contributed by atoms with van der Waals surface area (Å²) in [7, 11) is 0. The van der Waals surface area contributed by atoms with E-state index in [9.17, 15) is 14.4 Å². The summed E-state index contributed by atoms with van der Waals surface area (Å²) in [6.07, 6.45) is -1.94. The summed E-state index contributed by atoms with van der Waals surface area (Å²) >= 11 is 0. The van der Waals surface area contributed by atoms with Crippen molar-refractivity contribution in [3.05, 3.63) is 0 Å². The number of rotatable bonds is 6. The van der Waals surface area contributed by atoms with Gasteiger partial charge in [0.25, 0.3) is 0 Å². The van der Waals surface area contributed by atoms with Crippen LogP contribution in [0.2, 0.25) is 0 Å². The third kappa shape index (κ3) is 5.27. The van der Waals surface area contributed by atoms with Crippen molar-refractivity contribution < 1.29 is 38.4 Å². The summed E-state index contributed by atoms with van der Waals surface area (Å²) in [5.41, 5.74) is 0. The van der Waals surface area contributed by atoms with Crippen LogP contribution >= 0.6 is 0 Å². The lowest BCUT2D eigenvalue weighted by Gasteiger charge is -2.43. The zero-order chi connectivity index (χ0) is 16.9. The van der Waals surface area contributed by atoms with E-state index in [1.807, 2.05) is 6.92 Å². The van der Waals surface area contributed by atoms with Gasteiger partial charge in [-0.1, -0.05) is 13.8 Å². The van der Waals surface area contributed by atoms with Gasteiger partial charge >= 0.3 is 17.9 Å². The highest BCUT2D eigenvalue weighted by molar-refractivity contribution is 5.68. The molecule has 1 N–H and O–H groups in total. The second kappa shape index (κ2) is 8.09. The van der Waals surface area contributed by atoms with Crippen molar-refractivity contribution in [3.8, 4) is 0 Å². The highest BCUT2D eigenvalue weighted by Gasteiger charge is 2.44. The highest BCUT2D eigenvalue weighted by atomic mass is 16.7. The van der Waals surface area contributed by atoms with Crippen LogP contribution < -0.4 is 0 Å². The van der Waals surface area contributed by atoms with Gasteiger partial charge in [-0.05, 0) is 0 Å². The number of carboxylic acids is 1. The van der Waals surface area contributed by atoms with E-state index in [0.717, 1.165) is 0 Å². The Morgan fingerprint density at radius 1 is 1.09 bits per heavy atom. The van der Waals surface area contributed by atoms with Gasteiger partial charge in [0.05, 0.1) is 0 Å². The lowest BCUT2D eigenvalue weighted by atomic mass is 9.86. The Bertz CT molecular complexity index is 391. The van der Waals surface area contributed by atoms with Crippen LogP contribution in [-0.2, 0) is 33.3 Å². The molecule has 126 valence electrons. The molecule has 8 heteroatoms. The van der Waals surface area contributed by atoms with E-state index in [-0.39, 0.29) is 18.4 Å². The van der Waals surface area contributed by atoms with Gasteiger partial charge in [0.15, 0.2) is 6.29 Å². The van der Waals surface area contributed by atoms with E-state index in [4.69, 9.17) is 24.1 Å². The van der Waals surface area contributed by atoms with E-state index in [1.165, 1.54) is 13.8 Å². The van der Waals surface area contributed by atoms with Gasteiger partial charge in [-0.25, -0.2) is 4.79 Å². The summed E-state index contributed by atoms with van der Waals surface area (Å²) in [5, 5.41) is 8.70. The molecule has 0 spiro atoms. The van der Waals surface area contributed by atoms with Crippen molar-refractivity contribution in [2.24, 2.45) is 11.8 Å². The maximum atomic E-state index is 11.3. The van der Waals surface area contributed by atoms with Gasteiger partial charge in [-0.2, -0.15) is 0 Å². The van der Waals surface area contributed by atoms with E-state index >= 15 is 0 Å². The molecule has 0 bridgehead atoms. The fraction of sp³-hybridized carbons (Fsp3) is 0.786. The fourth-order valence-electron chi connectivity index (χ4n) is 2.41. The van der Waals surface area contributed by atoms with Gasteiger partial charge in [-0.15, -0.1) is 0 Å². The average Bonchev–Trinajstić information content (AvgIpc) is 2.40. The summed E-state index contributed by atoms with van der Waals surface area (Å²) in [4.78, 5) is 32.8. The summed E-state index contributed by atoms with van der Waals surface area (Å²) in [6.45, 7) is 5.58. The molecule has 0 aromatic carbocycles. The monoisotopic (exact) mass is 318 g/mol. The van der Waals surface area contributed by atoms with Crippen LogP contribution in [0.4, 0.5) is 0 Å². The van der Waals surface area contributed by atoms with Gasteiger partial charge < -0.3 is 24.1 Å². The Morgan fingerprint density at radius 3 is 2.23 bits per heavy atom. The second-order valence-corrected chi connectivity index (χ2v) is 5.34. The SMILES string of the molecule is CC(=O)OCC1OC(OCC(=O)O)C(C)C(OC(C)=O)C1C. The lowest BCUT2D eigenvalue weighted by molar-refractivity contribution is -0.271. The van der Waals surface area contributed by atoms with Gasteiger partial charge in [0.2, 0.25) is 0 Å². The van der Waals surface area contributed by atoms with E-state index in [2.05, 4.69) is 0 Å². The predicted molar refractivity (Wildman–Crippen MR) is 72.8 cm³/mol. The first kappa shape index (κ1) is 18.4. The third-order valence-corrected chi connectivity index (χ3v) is 3.49. The Labute approximate surface area is 128 Å². The van der Waals surface area contributed by atoms with Crippen molar-refractivity contribution in [2.75, 3.05) is 13.2 Å². The number of aliphatic carboxylic acids is 1. The van der Waals surface area contributed by atoms with E-state index < -0.39 is 43.0 Å². The maximum Gasteiger partial charge on any atom is 0.329 e. The average molecular weight is 318 g/mol. The molecular weight excluding hydrogens is 296 g/mol. The van der Waals surface area contributed by atoms with E-state index in [1.54, 1.807) is 6.92 Å². The van der Waals surface area contributed by atoms with Crippen molar-refractivity contribution in [3.63, 3.8) is 0 Å². The van der Waals surface area contributed by atoms with Crippen LogP contribution in [0, 0.1) is 11.8 Å². The topological polar surface area (TPSA) is 108 Å². The van der Waals surface area contributed by atoms with Gasteiger partial charge in [0.1, 0.15) is 25.4 Å². The van der Waals surface area contributed by atoms with Gasteiger partial charge in [0, 0.05) is 25.7 Å². The molecule has 22 heavy (non-hydrogen) atoms. The Balaban J connectivity index is 2.82. The zero-order valence-electron chi connectivity index (χ0n) is 13.1. The lowest BCUT2D eigenvalue weighted by Crippen LogP contribution is -2.53. The van der Waals surface area contributed by atoms with Crippen LogP contribution in [0.1, 0.15) is 27.7 Å². The minimum atomic E-state index is -1.13. The van der Waals surface area contributed by atoms with Crippen molar-refractivity contribution in [1.29, 1.82) is 0 Å². The number of carbonyl (C=O) groups excluding carboxylic acids is 2. The minimum Gasteiger partial charge on any atom is -0.480 e. The quantitative estimate of drug-likeness (QED) is 0.708. The smallest absolute Gasteiger partial charge is 0.329 e. The first-order valence-electron chi connectivity index (χ1n) is 7.01. The van der Waals surface area contributed by atoms with Crippen LogP contribution in [0.15, 0.2) is 0 Å². The molecule has 1 rings (SSSR count). The molecule has 1 aliphatic rings. The van der Waals surface area contributed by atoms with Crippen LogP contribution in [0.3, 0.4) is 0 Å². The molecule has 1 fully saturated rings. The van der Waals surface area contributed by atoms with Crippen LogP contribution in [0.25, 0.3) is 0 Å². The second-order valence-electron chi connectivity index (χ2n) is 5.34. The Hall–Kier alpha value is -1.67. The normalized spacial score (nSPS) is 31.4. The molecule has 0 aromatic rings. The maximum absolute atomic E-state index is 11.3. The minimum absolute atomic E-state index is 0.0199. The molecule has 1 aliphatic heterocycles. The third-order valence-electron chi connectivity index (χ3n) is 3.49. The molecule has 0 saturated carbocycles. The van der Waals surface area contributed by atoms with Crippen LogP contribution in [-0.4, -0.2) is 54.7 Å². The Kier molecular flexibility index (Phi) is 6.76. The summed E-state index contributed by atoms with van der Waals surface area (Å²) in [5.74, 6) is -2.62.